The third-order valence-corrected chi connectivity index (χ3v) is 3.78. The van der Waals surface area contributed by atoms with Crippen LogP contribution in [-0.2, 0) is 0 Å². The fourth-order valence-electron chi connectivity index (χ4n) is 2.58. The average Bonchev–Trinajstić information content (AvgIpc) is 2.62. The largest absolute Gasteiger partial charge is 0.497 e. The van der Waals surface area contributed by atoms with Gasteiger partial charge >= 0.3 is 6.09 Å². The third kappa shape index (κ3) is 3.87. The first kappa shape index (κ1) is 17.2. The number of benzene rings is 3. The second-order valence-electron chi connectivity index (χ2n) is 5.59. The van der Waals surface area contributed by atoms with Crippen LogP contribution in [0.2, 0.25) is 0 Å². The molecule has 6 nitrogen and oxygen atoms in total. The fourth-order valence-corrected chi connectivity index (χ4v) is 2.58. The van der Waals surface area contributed by atoms with Gasteiger partial charge in [-0.1, -0.05) is 18.2 Å². The molecule has 0 bridgehead atoms. The van der Waals surface area contributed by atoms with Crippen LogP contribution in [0.3, 0.4) is 0 Å². The van der Waals surface area contributed by atoms with Gasteiger partial charge in [0.05, 0.1) is 12.8 Å². The molecule has 0 aromatic heterocycles. The molecular formula is C20H19N3O3. The molecule has 1 amide bonds. The number of nitrogen functional groups attached to an aromatic ring is 2. The van der Waals surface area contributed by atoms with Crippen LogP contribution in [-0.4, -0.2) is 13.2 Å². The minimum absolute atomic E-state index is 0.401. The van der Waals surface area contributed by atoms with Crippen molar-refractivity contribution >= 4 is 23.2 Å². The van der Waals surface area contributed by atoms with Crippen molar-refractivity contribution in [3.63, 3.8) is 0 Å². The molecule has 3 aromatic carbocycles. The van der Waals surface area contributed by atoms with Crippen molar-refractivity contribution in [1.29, 1.82) is 0 Å². The maximum atomic E-state index is 12.3. The fraction of sp³-hybridized carbons (Fsp3) is 0.0500. The van der Waals surface area contributed by atoms with Gasteiger partial charge in [-0.25, -0.2) is 4.79 Å². The first-order valence-corrected chi connectivity index (χ1v) is 7.94. The van der Waals surface area contributed by atoms with Gasteiger partial charge in [0.1, 0.15) is 11.5 Å². The van der Waals surface area contributed by atoms with E-state index in [1.54, 1.807) is 61.7 Å². The van der Waals surface area contributed by atoms with Crippen LogP contribution in [0.4, 0.5) is 21.9 Å². The summed E-state index contributed by atoms with van der Waals surface area (Å²) in [5.41, 5.74) is 15.1. The molecule has 5 N–H and O–H groups in total. The van der Waals surface area contributed by atoms with Crippen LogP contribution in [0, 0.1) is 0 Å². The molecule has 0 saturated carbocycles. The summed E-state index contributed by atoms with van der Waals surface area (Å²) in [5, 5.41) is 2.73. The number of hydrogen-bond acceptors (Lipinski definition) is 5. The van der Waals surface area contributed by atoms with Crippen LogP contribution in [0.15, 0.2) is 66.7 Å². The standard InChI is InChI=1S/C20H19N3O3/c1-25-15-8-10-16(11-9-15)26-20(24)23-18-7-3-6-17(22)19(18)13-4-2-5-14(21)12-13/h2-12H,21-22H2,1H3,(H,23,24). The lowest BCUT2D eigenvalue weighted by Crippen LogP contribution is -2.17. The van der Waals surface area contributed by atoms with Crippen molar-refractivity contribution in [3.05, 3.63) is 66.7 Å². The Kier molecular flexibility index (Phi) is 4.94. The van der Waals surface area contributed by atoms with Gasteiger partial charge in [0.15, 0.2) is 0 Å². The molecule has 0 saturated heterocycles. The van der Waals surface area contributed by atoms with E-state index in [2.05, 4.69) is 5.32 Å². The van der Waals surface area contributed by atoms with E-state index < -0.39 is 6.09 Å². The molecular weight excluding hydrogens is 330 g/mol. The van der Waals surface area contributed by atoms with Gasteiger partial charge in [0, 0.05) is 16.9 Å². The van der Waals surface area contributed by atoms with Crippen molar-refractivity contribution in [2.45, 2.75) is 0 Å². The van der Waals surface area contributed by atoms with Crippen LogP contribution >= 0.6 is 0 Å². The molecule has 0 unspecified atom stereocenters. The summed E-state index contributed by atoms with van der Waals surface area (Å²) >= 11 is 0. The molecule has 0 aliphatic rings. The predicted molar refractivity (Wildman–Crippen MR) is 103 cm³/mol. The summed E-state index contributed by atoms with van der Waals surface area (Å²) in [6.45, 7) is 0. The lowest BCUT2D eigenvalue weighted by Gasteiger charge is -2.14. The number of hydrogen-bond donors (Lipinski definition) is 3. The van der Waals surface area contributed by atoms with Gasteiger partial charge in [-0.05, 0) is 54.1 Å². The summed E-state index contributed by atoms with van der Waals surface area (Å²) in [4.78, 5) is 12.3. The molecule has 0 radical (unpaired) electrons. The number of methoxy groups -OCH3 is 1. The van der Waals surface area contributed by atoms with E-state index in [-0.39, 0.29) is 0 Å². The van der Waals surface area contributed by atoms with Crippen LogP contribution < -0.4 is 26.3 Å². The minimum atomic E-state index is -0.620. The first-order chi connectivity index (χ1) is 12.6. The second kappa shape index (κ2) is 7.48. The molecule has 0 fully saturated rings. The Balaban J connectivity index is 1.83. The van der Waals surface area contributed by atoms with Crippen LogP contribution in [0.5, 0.6) is 11.5 Å². The third-order valence-electron chi connectivity index (χ3n) is 3.78. The van der Waals surface area contributed by atoms with Gasteiger partial charge in [0.2, 0.25) is 0 Å². The SMILES string of the molecule is COc1ccc(OC(=O)Nc2cccc(N)c2-c2cccc(N)c2)cc1. The molecule has 132 valence electrons. The highest BCUT2D eigenvalue weighted by atomic mass is 16.6. The molecule has 0 spiro atoms. The Hall–Kier alpha value is -3.67. The molecule has 0 aliphatic carbocycles. The van der Waals surface area contributed by atoms with Gasteiger partial charge < -0.3 is 20.9 Å². The zero-order valence-electron chi connectivity index (χ0n) is 14.2. The van der Waals surface area contributed by atoms with Crippen LogP contribution in [0.25, 0.3) is 11.1 Å². The Labute approximate surface area is 151 Å². The molecule has 6 heteroatoms. The van der Waals surface area contributed by atoms with E-state index in [0.29, 0.717) is 34.1 Å². The smallest absolute Gasteiger partial charge is 0.417 e. The Morgan fingerprint density at radius 1 is 0.923 bits per heavy atom. The van der Waals surface area contributed by atoms with Crippen molar-refractivity contribution in [1.82, 2.24) is 0 Å². The average molecular weight is 349 g/mol. The highest BCUT2D eigenvalue weighted by Crippen LogP contribution is 2.34. The number of nitrogens with one attached hydrogen (secondary N) is 1. The number of nitrogens with two attached hydrogens (primary N) is 2. The number of anilines is 3. The van der Waals surface area contributed by atoms with Crippen molar-refractivity contribution in [2.75, 3.05) is 23.9 Å². The lowest BCUT2D eigenvalue weighted by molar-refractivity contribution is 0.215. The number of amides is 1. The quantitative estimate of drug-likeness (QED) is 0.615. The maximum absolute atomic E-state index is 12.3. The Bertz CT molecular complexity index is 924. The monoisotopic (exact) mass is 349 g/mol. The van der Waals surface area contributed by atoms with Gasteiger partial charge in [-0.3, -0.25) is 5.32 Å². The summed E-state index contributed by atoms with van der Waals surface area (Å²) in [5.74, 6) is 1.08. The number of carbonyl (C=O) groups is 1. The summed E-state index contributed by atoms with van der Waals surface area (Å²) < 4.78 is 10.4. The Morgan fingerprint density at radius 3 is 2.31 bits per heavy atom. The Morgan fingerprint density at radius 2 is 1.62 bits per heavy atom. The number of carbonyl (C=O) groups excluding carboxylic acids is 1. The predicted octanol–water partition coefficient (Wildman–Crippen LogP) is 4.14. The minimum Gasteiger partial charge on any atom is -0.497 e. The first-order valence-electron chi connectivity index (χ1n) is 7.94. The van der Waals surface area contributed by atoms with E-state index in [1.807, 2.05) is 12.1 Å². The maximum Gasteiger partial charge on any atom is 0.417 e. The van der Waals surface area contributed by atoms with Crippen LogP contribution in [0.1, 0.15) is 0 Å². The van der Waals surface area contributed by atoms with Gasteiger partial charge in [-0.2, -0.15) is 0 Å². The van der Waals surface area contributed by atoms with E-state index >= 15 is 0 Å². The second-order valence-corrected chi connectivity index (χ2v) is 5.59. The summed E-state index contributed by atoms with van der Waals surface area (Å²) in [6, 6.07) is 19.3. The molecule has 3 rings (SSSR count). The highest BCUT2D eigenvalue weighted by Gasteiger charge is 2.13. The molecule has 0 atom stereocenters. The number of rotatable bonds is 4. The lowest BCUT2D eigenvalue weighted by atomic mass is 10.0. The zero-order valence-corrected chi connectivity index (χ0v) is 14.2. The molecule has 0 aliphatic heterocycles. The molecule has 26 heavy (non-hydrogen) atoms. The summed E-state index contributed by atoms with van der Waals surface area (Å²) in [7, 11) is 1.57. The van der Waals surface area contributed by atoms with E-state index in [0.717, 1.165) is 5.56 Å². The molecule has 0 heterocycles. The van der Waals surface area contributed by atoms with Crippen molar-refractivity contribution < 1.29 is 14.3 Å². The highest BCUT2D eigenvalue weighted by molar-refractivity contribution is 5.96. The van der Waals surface area contributed by atoms with E-state index in [9.17, 15) is 4.79 Å². The van der Waals surface area contributed by atoms with Gasteiger partial charge in [-0.15, -0.1) is 0 Å². The normalized spacial score (nSPS) is 10.2. The van der Waals surface area contributed by atoms with Crippen molar-refractivity contribution in [3.8, 4) is 22.6 Å². The number of ether oxygens (including phenoxy) is 2. The van der Waals surface area contributed by atoms with Gasteiger partial charge in [0.25, 0.3) is 0 Å². The summed E-state index contributed by atoms with van der Waals surface area (Å²) in [6.07, 6.45) is -0.620. The molecule has 3 aromatic rings. The van der Waals surface area contributed by atoms with E-state index in [1.165, 1.54) is 0 Å². The topological polar surface area (TPSA) is 99.6 Å². The van der Waals surface area contributed by atoms with E-state index in [4.69, 9.17) is 20.9 Å². The zero-order chi connectivity index (χ0) is 18.5. The van der Waals surface area contributed by atoms with Crippen molar-refractivity contribution in [2.24, 2.45) is 0 Å².